The summed E-state index contributed by atoms with van der Waals surface area (Å²) in [5.74, 6) is -0.443. The maximum absolute atomic E-state index is 11.0. The highest BCUT2D eigenvalue weighted by Crippen LogP contribution is 2.40. The summed E-state index contributed by atoms with van der Waals surface area (Å²) < 4.78 is 0.859. The molecule has 10 heteroatoms. The first-order valence-corrected chi connectivity index (χ1v) is 6.39. The zero-order chi connectivity index (χ0) is 14.7. The van der Waals surface area contributed by atoms with Crippen molar-refractivity contribution in [2.45, 2.75) is 6.92 Å². The van der Waals surface area contributed by atoms with Gasteiger partial charge in [-0.2, -0.15) is 4.99 Å². The van der Waals surface area contributed by atoms with Crippen LogP contribution in [-0.4, -0.2) is 16.8 Å². The van der Waals surface area contributed by atoms with E-state index in [-0.39, 0.29) is 23.3 Å². The number of aliphatic imine (C=N–C) groups is 2. The average molecular weight is 394 g/mol. The van der Waals surface area contributed by atoms with Crippen LogP contribution in [0.4, 0.5) is 11.4 Å². The van der Waals surface area contributed by atoms with Gasteiger partial charge in [0.1, 0.15) is 0 Å². The molecule has 1 aromatic carbocycles. The first-order chi connectivity index (χ1) is 8.73. The molecule has 0 fully saturated rings. The highest BCUT2D eigenvalue weighted by molar-refractivity contribution is 9.11. The molecular weight excluding hydrogens is 384 g/mol. The molecule has 0 saturated carbocycles. The second kappa shape index (κ2) is 5.97. The summed E-state index contributed by atoms with van der Waals surface area (Å²) in [5.41, 5.74) is 16.4. The molecule has 0 unspecified atom stereocenters. The Morgan fingerprint density at radius 3 is 2.37 bits per heavy atom. The second-order valence-corrected chi connectivity index (χ2v) is 5.13. The van der Waals surface area contributed by atoms with Crippen molar-refractivity contribution in [1.29, 1.82) is 0 Å². The fraction of sp³-hybridized carbons (Fsp3) is 0.111. The number of nitrogens with two attached hydrogens (primary N) is 3. The summed E-state index contributed by atoms with van der Waals surface area (Å²) in [5, 5.41) is 11.0. The first kappa shape index (κ1) is 15.4. The van der Waals surface area contributed by atoms with Gasteiger partial charge in [0.2, 0.25) is 5.96 Å². The minimum absolute atomic E-state index is 0.0977. The van der Waals surface area contributed by atoms with Crippen LogP contribution < -0.4 is 17.2 Å². The Morgan fingerprint density at radius 1 is 1.32 bits per heavy atom. The SMILES string of the molecule is Cc1c(N=C(N)N=C(N)N)c(Br)cc(Br)c1[N+](=O)[O-]. The van der Waals surface area contributed by atoms with E-state index < -0.39 is 4.92 Å². The fourth-order valence-electron chi connectivity index (χ4n) is 1.35. The Morgan fingerprint density at radius 2 is 1.89 bits per heavy atom. The molecule has 0 atom stereocenters. The predicted molar refractivity (Wildman–Crippen MR) is 80.3 cm³/mol. The number of guanidine groups is 2. The molecule has 102 valence electrons. The number of nitro groups is 1. The van der Waals surface area contributed by atoms with Crippen molar-refractivity contribution in [2.24, 2.45) is 27.2 Å². The summed E-state index contributed by atoms with van der Waals surface area (Å²) >= 11 is 6.37. The third kappa shape index (κ3) is 3.64. The Kier molecular flexibility index (Phi) is 4.84. The van der Waals surface area contributed by atoms with Crippen LogP contribution in [0.2, 0.25) is 0 Å². The zero-order valence-electron chi connectivity index (χ0n) is 9.72. The van der Waals surface area contributed by atoms with E-state index in [1.165, 1.54) is 6.07 Å². The number of halogens is 2. The van der Waals surface area contributed by atoms with Gasteiger partial charge in [0, 0.05) is 4.47 Å². The Labute approximate surface area is 125 Å². The normalized spacial score (nSPS) is 11.2. The van der Waals surface area contributed by atoms with Gasteiger partial charge in [-0.3, -0.25) is 10.1 Å². The molecule has 0 bridgehead atoms. The minimum Gasteiger partial charge on any atom is -0.370 e. The van der Waals surface area contributed by atoms with Crippen LogP contribution in [-0.2, 0) is 0 Å². The Bertz CT molecular complexity index is 595. The van der Waals surface area contributed by atoms with E-state index in [2.05, 4.69) is 41.8 Å². The topological polar surface area (TPSA) is 146 Å². The largest absolute Gasteiger partial charge is 0.370 e. The average Bonchev–Trinajstić information content (AvgIpc) is 2.22. The number of rotatable bonds is 2. The Hall–Kier alpha value is -1.68. The van der Waals surface area contributed by atoms with E-state index in [0.29, 0.717) is 14.5 Å². The molecule has 0 spiro atoms. The lowest BCUT2D eigenvalue weighted by Gasteiger charge is -2.06. The number of benzene rings is 1. The van der Waals surface area contributed by atoms with Crippen molar-refractivity contribution in [1.82, 2.24) is 0 Å². The monoisotopic (exact) mass is 392 g/mol. The van der Waals surface area contributed by atoms with Gasteiger partial charge in [-0.05, 0) is 44.8 Å². The van der Waals surface area contributed by atoms with E-state index in [1.807, 2.05) is 0 Å². The molecule has 0 aliphatic carbocycles. The maximum atomic E-state index is 11.0. The van der Waals surface area contributed by atoms with Gasteiger partial charge in [0.15, 0.2) is 5.96 Å². The van der Waals surface area contributed by atoms with Crippen LogP contribution >= 0.6 is 31.9 Å². The number of nitrogens with zero attached hydrogens (tertiary/aromatic N) is 3. The lowest BCUT2D eigenvalue weighted by atomic mass is 10.1. The standard InChI is InChI=1S/C9H10Br2N6O2/c1-3-6(15-9(14)16-8(12)13)4(10)2-5(11)7(3)17(18)19/h2H,1H3,(H6,12,13,14,15,16). The summed E-state index contributed by atoms with van der Waals surface area (Å²) in [7, 11) is 0. The van der Waals surface area contributed by atoms with Crippen molar-refractivity contribution < 1.29 is 4.92 Å². The molecule has 1 aromatic rings. The quantitative estimate of drug-likeness (QED) is 0.302. The smallest absolute Gasteiger partial charge is 0.288 e. The lowest BCUT2D eigenvalue weighted by molar-refractivity contribution is -0.386. The molecule has 0 saturated heterocycles. The molecule has 8 nitrogen and oxygen atoms in total. The summed E-state index contributed by atoms with van der Waals surface area (Å²) in [6.07, 6.45) is 0. The van der Waals surface area contributed by atoms with Crippen LogP contribution in [0.1, 0.15) is 5.56 Å². The molecule has 0 aliphatic heterocycles. The van der Waals surface area contributed by atoms with E-state index in [1.54, 1.807) is 6.92 Å². The van der Waals surface area contributed by atoms with Crippen LogP contribution in [0.3, 0.4) is 0 Å². The molecule has 6 N–H and O–H groups in total. The van der Waals surface area contributed by atoms with Crippen molar-refractivity contribution in [2.75, 3.05) is 0 Å². The number of nitro benzene ring substituents is 1. The van der Waals surface area contributed by atoms with Gasteiger partial charge in [0.05, 0.1) is 20.6 Å². The van der Waals surface area contributed by atoms with Crippen molar-refractivity contribution in [3.63, 3.8) is 0 Å². The predicted octanol–water partition coefficient (Wildman–Crippen LogP) is 1.65. The van der Waals surface area contributed by atoms with E-state index >= 15 is 0 Å². The molecule has 0 heterocycles. The molecule has 0 aliphatic rings. The van der Waals surface area contributed by atoms with E-state index in [0.717, 1.165) is 0 Å². The van der Waals surface area contributed by atoms with Crippen molar-refractivity contribution in [3.8, 4) is 0 Å². The van der Waals surface area contributed by atoms with Crippen molar-refractivity contribution >= 4 is 55.2 Å². The molecule has 0 aromatic heterocycles. The van der Waals surface area contributed by atoms with Crippen LogP contribution in [0.25, 0.3) is 0 Å². The van der Waals surface area contributed by atoms with Crippen LogP contribution in [0.15, 0.2) is 25.0 Å². The molecule has 19 heavy (non-hydrogen) atoms. The van der Waals surface area contributed by atoms with Crippen molar-refractivity contribution in [3.05, 3.63) is 30.7 Å². The van der Waals surface area contributed by atoms with Gasteiger partial charge in [0.25, 0.3) is 5.69 Å². The molecule has 1 rings (SSSR count). The minimum atomic E-state index is -0.512. The van der Waals surface area contributed by atoms with Gasteiger partial charge >= 0.3 is 0 Å². The third-order valence-corrected chi connectivity index (χ3v) is 3.28. The highest BCUT2D eigenvalue weighted by atomic mass is 79.9. The van der Waals surface area contributed by atoms with E-state index in [4.69, 9.17) is 17.2 Å². The van der Waals surface area contributed by atoms with Crippen LogP contribution in [0.5, 0.6) is 0 Å². The van der Waals surface area contributed by atoms with Crippen LogP contribution in [0, 0.1) is 17.0 Å². The third-order valence-electron chi connectivity index (χ3n) is 2.07. The lowest BCUT2D eigenvalue weighted by Crippen LogP contribution is -2.26. The van der Waals surface area contributed by atoms with Gasteiger partial charge in [-0.15, -0.1) is 0 Å². The Balaban J connectivity index is 3.49. The highest BCUT2D eigenvalue weighted by Gasteiger charge is 2.21. The first-order valence-electron chi connectivity index (χ1n) is 4.80. The summed E-state index contributed by atoms with van der Waals surface area (Å²) in [6.45, 7) is 1.55. The van der Waals surface area contributed by atoms with Gasteiger partial charge in [-0.1, -0.05) is 0 Å². The second-order valence-electron chi connectivity index (χ2n) is 3.43. The molecular formula is C9H10Br2N6O2. The van der Waals surface area contributed by atoms with E-state index in [9.17, 15) is 10.1 Å². The summed E-state index contributed by atoms with van der Waals surface area (Å²) in [6, 6.07) is 1.51. The zero-order valence-corrected chi connectivity index (χ0v) is 12.9. The molecule has 0 amide bonds. The van der Waals surface area contributed by atoms with Gasteiger partial charge < -0.3 is 17.2 Å². The van der Waals surface area contributed by atoms with Gasteiger partial charge in [-0.25, -0.2) is 4.99 Å². The number of hydrogen-bond acceptors (Lipinski definition) is 3. The maximum Gasteiger partial charge on any atom is 0.288 e. The fourth-order valence-corrected chi connectivity index (χ4v) is 2.94. The molecule has 0 radical (unpaired) electrons. The summed E-state index contributed by atoms with van der Waals surface area (Å²) in [4.78, 5) is 18.0. The number of hydrogen-bond donors (Lipinski definition) is 3.